The van der Waals surface area contributed by atoms with Gasteiger partial charge < -0.3 is 15.4 Å². The zero-order valence-corrected chi connectivity index (χ0v) is 16.5. The maximum absolute atomic E-state index is 5.43. The number of guanidine groups is 1. The van der Waals surface area contributed by atoms with Gasteiger partial charge in [-0.05, 0) is 38.3 Å². The molecule has 0 saturated heterocycles. The highest BCUT2D eigenvalue weighted by atomic mass is 127. The second kappa shape index (κ2) is 11.5. The van der Waals surface area contributed by atoms with E-state index in [2.05, 4.69) is 22.5 Å². The van der Waals surface area contributed by atoms with Gasteiger partial charge in [-0.25, -0.2) is 9.98 Å². The molecule has 6 heteroatoms. The zero-order chi connectivity index (χ0) is 15.6. The minimum absolute atomic E-state index is 0. The molecule has 130 valence electrons. The Kier molecular flexibility index (Phi) is 9.98. The first-order chi connectivity index (χ1) is 10.8. The molecule has 1 aliphatic rings. The number of nitrogens with zero attached hydrogens (tertiary/aromatic N) is 2. The predicted octanol–water partition coefficient (Wildman–Crippen LogP) is 3.49. The molecular weight excluding hydrogens is 403 g/mol. The summed E-state index contributed by atoms with van der Waals surface area (Å²) in [7, 11) is 0. The molecule has 1 aromatic rings. The van der Waals surface area contributed by atoms with Gasteiger partial charge in [0.15, 0.2) is 5.96 Å². The van der Waals surface area contributed by atoms with E-state index in [0.29, 0.717) is 25.1 Å². The normalized spacial score (nSPS) is 15.7. The van der Waals surface area contributed by atoms with Crippen molar-refractivity contribution < 1.29 is 4.74 Å². The van der Waals surface area contributed by atoms with Crippen molar-refractivity contribution in [2.45, 2.75) is 58.5 Å². The molecule has 0 amide bonds. The van der Waals surface area contributed by atoms with Gasteiger partial charge in [0.2, 0.25) is 5.88 Å². The number of rotatable bonds is 6. The van der Waals surface area contributed by atoms with Crippen LogP contribution >= 0.6 is 24.0 Å². The van der Waals surface area contributed by atoms with E-state index in [1.165, 1.54) is 32.1 Å². The first-order valence-electron chi connectivity index (χ1n) is 8.44. The minimum Gasteiger partial charge on any atom is -0.478 e. The van der Waals surface area contributed by atoms with Gasteiger partial charge >= 0.3 is 0 Å². The molecule has 23 heavy (non-hydrogen) atoms. The molecule has 2 N–H and O–H groups in total. The molecule has 1 saturated carbocycles. The minimum atomic E-state index is 0. The van der Waals surface area contributed by atoms with E-state index in [0.717, 1.165) is 18.1 Å². The van der Waals surface area contributed by atoms with E-state index in [-0.39, 0.29) is 24.0 Å². The maximum Gasteiger partial charge on any atom is 0.213 e. The lowest BCUT2D eigenvalue weighted by atomic mass is 9.96. The largest absolute Gasteiger partial charge is 0.478 e. The summed E-state index contributed by atoms with van der Waals surface area (Å²) in [5, 5.41) is 6.89. The molecule has 2 rings (SSSR count). The maximum atomic E-state index is 5.43. The Bertz CT molecular complexity index is 475. The van der Waals surface area contributed by atoms with Crippen LogP contribution < -0.4 is 15.4 Å². The number of hydrogen-bond donors (Lipinski definition) is 2. The number of hydrogen-bond acceptors (Lipinski definition) is 3. The summed E-state index contributed by atoms with van der Waals surface area (Å²) in [4.78, 5) is 8.87. The molecule has 0 spiro atoms. The Hall–Kier alpha value is -1.05. The van der Waals surface area contributed by atoms with Crippen molar-refractivity contribution >= 4 is 29.9 Å². The monoisotopic (exact) mass is 432 g/mol. The Balaban J connectivity index is 0.00000264. The predicted molar refractivity (Wildman–Crippen MR) is 106 cm³/mol. The van der Waals surface area contributed by atoms with Gasteiger partial charge in [-0.1, -0.05) is 19.3 Å². The van der Waals surface area contributed by atoms with Crippen molar-refractivity contribution in [3.05, 3.63) is 23.9 Å². The Morgan fingerprint density at radius 3 is 2.78 bits per heavy atom. The van der Waals surface area contributed by atoms with E-state index >= 15 is 0 Å². The number of pyridine rings is 1. The lowest BCUT2D eigenvalue weighted by Crippen LogP contribution is -2.44. The average Bonchev–Trinajstić information content (AvgIpc) is 2.55. The quantitative estimate of drug-likeness (QED) is 0.411. The van der Waals surface area contributed by atoms with Crippen molar-refractivity contribution in [3.63, 3.8) is 0 Å². The van der Waals surface area contributed by atoms with Crippen LogP contribution in [-0.2, 0) is 6.54 Å². The van der Waals surface area contributed by atoms with Crippen LogP contribution in [0.15, 0.2) is 23.3 Å². The molecular formula is C17H29IN4O. The smallest absolute Gasteiger partial charge is 0.213 e. The van der Waals surface area contributed by atoms with Gasteiger partial charge in [-0.3, -0.25) is 0 Å². The van der Waals surface area contributed by atoms with E-state index in [4.69, 9.17) is 9.73 Å². The molecule has 5 nitrogen and oxygen atoms in total. The highest BCUT2D eigenvalue weighted by Crippen LogP contribution is 2.17. The number of halogens is 1. The van der Waals surface area contributed by atoms with Crippen LogP contribution in [-0.4, -0.2) is 30.1 Å². The van der Waals surface area contributed by atoms with Crippen LogP contribution in [0.5, 0.6) is 5.88 Å². The van der Waals surface area contributed by atoms with Crippen LogP contribution in [0.3, 0.4) is 0 Å². The SMILES string of the molecule is CCNC(=NCc1ccnc(OCC)c1)NC1CCCCC1.I. The average molecular weight is 432 g/mol. The van der Waals surface area contributed by atoms with E-state index in [9.17, 15) is 0 Å². The zero-order valence-electron chi connectivity index (χ0n) is 14.2. The molecule has 0 radical (unpaired) electrons. The first kappa shape index (κ1) is 20.0. The lowest BCUT2D eigenvalue weighted by molar-refractivity contribution is 0.326. The fraction of sp³-hybridized carbons (Fsp3) is 0.647. The fourth-order valence-electron chi connectivity index (χ4n) is 2.71. The molecule has 0 bridgehead atoms. The van der Waals surface area contributed by atoms with E-state index < -0.39 is 0 Å². The molecule has 1 fully saturated rings. The summed E-state index contributed by atoms with van der Waals surface area (Å²) in [6.07, 6.45) is 8.26. The third-order valence-electron chi connectivity index (χ3n) is 3.80. The lowest BCUT2D eigenvalue weighted by Gasteiger charge is -2.24. The van der Waals surface area contributed by atoms with Crippen LogP contribution in [0.2, 0.25) is 0 Å². The molecule has 1 heterocycles. The van der Waals surface area contributed by atoms with Crippen LogP contribution in [0.25, 0.3) is 0 Å². The molecule has 1 aromatic heterocycles. The number of nitrogens with one attached hydrogen (secondary N) is 2. The molecule has 1 aliphatic carbocycles. The third kappa shape index (κ3) is 7.37. The summed E-state index contributed by atoms with van der Waals surface area (Å²) >= 11 is 0. The van der Waals surface area contributed by atoms with Crippen molar-refractivity contribution in [2.24, 2.45) is 4.99 Å². The van der Waals surface area contributed by atoms with Crippen molar-refractivity contribution in [3.8, 4) is 5.88 Å². The van der Waals surface area contributed by atoms with Crippen LogP contribution in [0, 0.1) is 0 Å². The molecule has 0 unspecified atom stereocenters. The highest BCUT2D eigenvalue weighted by Gasteiger charge is 2.14. The van der Waals surface area contributed by atoms with Crippen molar-refractivity contribution in [1.82, 2.24) is 15.6 Å². The third-order valence-corrected chi connectivity index (χ3v) is 3.80. The summed E-state index contributed by atoms with van der Waals surface area (Å²) in [5.41, 5.74) is 1.11. The van der Waals surface area contributed by atoms with Crippen molar-refractivity contribution in [1.29, 1.82) is 0 Å². The van der Waals surface area contributed by atoms with Gasteiger partial charge in [0.25, 0.3) is 0 Å². The van der Waals surface area contributed by atoms with Crippen LogP contribution in [0.1, 0.15) is 51.5 Å². The van der Waals surface area contributed by atoms with Gasteiger partial charge in [0.1, 0.15) is 0 Å². The van der Waals surface area contributed by atoms with Gasteiger partial charge in [0.05, 0.1) is 13.2 Å². The summed E-state index contributed by atoms with van der Waals surface area (Å²) in [5.74, 6) is 1.57. The van der Waals surface area contributed by atoms with E-state index in [1.807, 2.05) is 19.1 Å². The van der Waals surface area contributed by atoms with E-state index in [1.54, 1.807) is 6.20 Å². The summed E-state index contributed by atoms with van der Waals surface area (Å²) in [6.45, 7) is 6.19. The van der Waals surface area contributed by atoms with Crippen molar-refractivity contribution in [2.75, 3.05) is 13.2 Å². The first-order valence-corrected chi connectivity index (χ1v) is 8.44. The summed E-state index contributed by atoms with van der Waals surface area (Å²) in [6, 6.07) is 4.50. The topological polar surface area (TPSA) is 58.5 Å². The summed E-state index contributed by atoms with van der Waals surface area (Å²) < 4.78 is 5.43. The Labute approximate surface area is 156 Å². The highest BCUT2D eigenvalue weighted by molar-refractivity contribution is 14.0. The molecule has 0 atom stereocenters. The van der Waals surface area contributed by atoms with Gasteiger partial charge in [-0.15, -0.1) is 24.0 Å². The van der Waals surface area contributed by atoms with Gasteiger partial charge in [0, 0.05) is 24.8 Å². The number of aliphatic imine (C=N–C) groups is 1. The Morgan fingerprint density at radius 1 is 1.30 bits per heavy atom. The number of aromatic nitrogens is 1. The van der Waals surface area contributed by atoms with Crippen LogP contribution in [0.4, 0.5) is 0 Å². The molecule has 0 aliphatic heterocycles. The van der Waals surface area contributed by atoms with Gasteiger partial charge in [-0.2, -0.15) is 0 Å². The number of ether oxygens (including phenoxy) is 1. The Morgan fingerprint density at radius 2 is 2.09 bits per heavy atom. The fourth-order valence-corrected chi connectivity index (χ4v) is 2.71. The second-order valence-electron chi connectivity index (χ2n) is 5.61. The standard InChI is InChI=1S/C17H28N4O.HI/c1-3-18-17(21-15-8-6-5-7-9-15)20-13-14-10-11-19-16(12-14)22-4-2;/h10-12,15H,3-9,13H2,1-2H3,(H2,18,20,21);1H. The molecule has 0 aromatic carbocycles. The second-order valence-corrected chi connectivity index (χ2v) is 5.61.